The van der Waals surface area contributed by atoms with Crippen LogP contribution in [0.15, 0.2) is 30.3 Å². The fraction of sp³-hybridized carbons (Fsp3) is 0.429. The summed E-state index contributed by atoms with van der Waals surface area (Å²) in [6.45, 7) is 0.144. The molecule has 20 heavy (non-hydrogen) atoms. The molecule has 2 atom stereocenters. The summed E-state index contributed by atoms with van der Waals surface area (Å²) in [6, 6.07) is 8.27. The maximum Gasteiger partial charge on any atom is 0.326 e. The Balaban J connectivity index is 2.73. The number of hydrogen-bond acceptors (Lipinski definition) is 4. The van der Waals surface area contributed by atoms with Gasteiger partial charge in [0.2, 0.25) is 5.91 Å². The van der Waals surface area contributed by atoms with Crippen LogP contribution in [0.3, 0.4) is 0 Å². The van der Waals surface area contributed by atoms with Crippen LogP contribution in [0.2, 0.25) is 0 Å². The molecule has 0 aliphatic heterocycles. The summed E-state index contributed by atoms with van der Waals surface area (Å²) < 4.78 is 0. The van der Waals surface area contributed by atoms with E-state index in [1.165, 1.54) is 0 Å². The van der Waals surface area contributed by atoms with E-state index < -0.39 is 17.9 Å². The summed E-state index contributed by atoms with van der Waals surface area (Å²) in [6.07, 6.45) is 2.29. The van der Waals surface area contributed by atoms with Crippen LogP contribution in [0.25, 0.3) is 0 Å². The van der Waals surface area contributed by atoms with E-state index in [-0.39, 0.29) is 12.5 Å². The smallest absolute Gasteiger partial charge is 0.326 e. The number of thioether (sulfide) groups is 1. The van der Waals surface area contributed by atoms with Gasteiger partial charge >= 0.3 is 5.97 Å². The maximum atomic E-state index is 12.2. The van der Waals surface area contributed by atoms with Crippen molar-refractivity contribution in [3.63, 3.8) is 0 Å². The van der Waals surface area contributed by atoms with Gasteiger partial charge in [0.25, 0.3) is 0 Å². The lowest BCUT2D eigenvalue weighted by molar-refractivity contribution is -0.142. The summed E-state index contributed by atoms with van der Waals surface area (Å²) in [5, 5.41) is 11.7. The number of rotatable bonds is 8. The third kappa shape index (κ3) is 4.86. The van der Waals surface area contributed by atoms with Crippen molar-refractivity contribution in [3.8, 4) is 0 Å². The molecular formula is C14H20N2O3S. The van der Waals surface area contributed by atoms with Crippen molar-refractivity contribution >= 4 is 23.6 Å². The summed E-state index contributed by atoms with van der Waals surface area (Å²) in [4.78, 5) is 23.3. The summed E-state index contributed by atoms with van der Waals surface area (Å²) >= 11 is 1.55. The van der Waals surface area contributed by atoms with Crippen LogP contribution in [0.1, 0.15) is 17.9 Å². The number of nitrogens with two attached hydrogens (primary N) is 1. The van der Waals surface area contributed by atoms with Crippen LogP contribution < -0.4 is 11.1 Å². The van der Waals surface area contributed by atoms with Gasteiger partial charge in [-0.3, -0.25) is 4.79 Å². The Hall–Kier alpha value is -1.53. The van der Waals surface area contributed by atoms with Gasteiger partial charge in [-0.05, 0) is 24.0 Å². The van der Waals surface area contributed by atoms with Gasteiger partial charge in [-0.15, -0.1) is 0 Å². The third-order valence-corrected chi connectivity index (χ3v) is 3.62. The lowest BCUT2D eigenvalue weighted by Crippen LogP contribution is -2.44. The molecule has 0 bridgehead atoms. The van der Waals surface area contributed by atoms with Crippen molar-refractivity contribution in [2.75, 3.05) is 18.6 Å². The summed E-state index contributed by atoms with van der Waals surface area (Å²) in [7, 11) is 0. The highest BCUT2D eigenvalue weighted by atomic mass is 32.2. The molecule has 0 heterocycles. The molecule has 1 amide bonds. The number of nitrogens with one attached hydrogen (secondary N) is 1. The zero-order valence-corrected chi connectivity index (χ0v) is 12.2. The first kappa shape index (κ1) is 16.5. The van der Waals surface area contributed by atoms with Crippen LogP contribution >= 0.6 is 11.8 Å². The number of carboxylic acids is 1. The number of benzene rings is 1. The molecule has 0 saturated heterocycles. The van der Waals surface area contributed by atoms with Gasteiger partial charge in [0, 0.05) is 6.54 Å². The molecule has 0 aliphatic rings. The number of amides is 1. The highest BCUT2D eigenvalue weighted by molar-refractivity contribution is 7.98. The fourth-order valence-corrected chi connectivity index (χ4v) is 2.32. The first-order valence-electron chi connectivity index (χ1n) is 6.37. The summed E-state index contributed by atoms with van der Waals surface area (Å²) in [5.41, 5.74) is 6.44. The molecule has 0 fully saturated rings. The second-order valence-electron chi connectivity index (χ2n) is 4.38. The Kier molecular flexibility index (Phi) is 7.11. The average Bonchev–Trinajstić information content (AvgIpc) is 2.45. The quantitative estimate of drug-likeness (QED) is 0.667. The van der Waals surface area contributed by atoms with E-state index in [9.17, 15) is 9.59 Å². The van der Waals surface area contributed by atoms with E-state index in [4.69, 9.17) is 10.8 Å². The normalized spacial score (nSPS) is 13.5. The summed E-state index contributed by atoms with van der Waals surface area (Å²) in [5.74, 6) is -1.20. The molecule has 6 heteroatoms. The highest BCUT2D eigenvalue weighted by Crippen LogP contribution is 2.15. The van der Waals surface area contributed by atoms with Crippen LogP contribution in [0.4, 0.5) is 0 Å². The number of carboxylic acid groups (broad SMARTS) is 1. The van der Waals surface area contributed by atoms with Gasteiger partial charge in [-0.25, -0.2) is 4.79 Å². The van der Waals surface area contributed by atoms with Gasteiger partial charge in [0.1, 0.15) is 6.04 Å². The van der Waals surface area contributed by atoms with Crippen molar-refractivity contribution in [1.29, 1.82) is 0 Å². The standard InChI is InChI=1S/C14H20N2O3S/c1-20-8-7-12(14(18)19)16-13(17)11(9-15)10-5-3-2-4-6-10/h2-6,11-12H,7-9,15H2,1H3,(H,16,17)(H,18,19). The van der Waals surface area contributed by atoms with Gasteiger partial charge < -0.3 is 16.2 Å². The molecule has 0 aliphatic carbocycles. The van der Waals surface area contributed by atoms with E-state index in [2.05, 4.69) is 5.32 Å². The molecule has 1 aromatic carbocycles. The van der Waals surface area contributed by atoms with E-state index in [1.807, 2.05) is 36.6 Å². The maximum absolute atomic E-state index is 12.2. The van der Waals surface area contributed by atoms with E-state index >= 15 is 0 Å². The van der Waals surface area contributed by atoms with Gasteiger partial charge in [0.15, 0.2) is 0 Å². The van der Waals surface area contributed by atoms with Crippen LogP contribution in [0, 0.1) is 0 Å². The molecule has 0 aromatic heterocycles. The molecule has 1 rings (SSSR count). The molecular weight excluding hydrogens is 276 g/mol. The Morgan fingerprint density at radius 3 is 2.50 bits per heavy atom. The molecule has 0 radical (unpaired) electrons. The van der Waals surface area contributed by atoms with Crippen molar-refractivity contribution in [2.45, 2.75) is 18.4 Å². The lowest BCUT2D eigenvalue weighted by Gasteiger charge is -2.19. The van der Waals surface area contributed by atoms with Gasteiger partial charge in [-0.1, -0.05) is 30.3 Å². The Morgan fingerprint density at radius 1 is 1.35 bits per heavy atom. The molecule has 0 saturated carbocycles. The first-order chi connectivity index (χ1) is 9.60. The largest absolute Gasteiger partial charge is 0.480 e. The predicted octanol–water partition coefficient (Wildman–Crippen LogP) is 1.05. The monoisotopic (exact) mass is 296 g/mol. The van der Waals surface area contributed by atoms with Crippen LogP contribution in [-0.2, 0) is 9.59 Å². The third-order valence-electron chi connectivity index (χ3n) is 2.98. The highest BCUT2D eigenvalue weighted by Gasteiger charge is 2.25. The number of aliphatic carboxylic acids is 1. The van der Waals surface area contributed by atoms with Crippen molar-refractivity contribution in [1.82, 2.24) is 5.32 Å². The fourth-order valence-electron chi connectivity index (χ4n) is 1.85. The minimum Gasteiger partial charge on any atom is -0.480 e. The van der Waals surface area contributed by atoms with Crippen LogP contribution in [-0.4, -0.2) is 41.6 Å². The minimum absolute atomic E-state index is 0.144. The van der Waals surface area contributed by atoms with E-state index in [1.54, 1.807) is 11.8 Å². The van der Waals surface area contributed by atoms with Crippen molar-refractivity contribution in [3.05, 3.63) is 35.9 Å². The zero-order valence-electron chi connectivity index (χ0n) is 11.4. The van der Waals surface area contributed by atoms with E-state index in [0.29, 0.717) is 12.2 Å². The SMILES string of the molecule is CSCCC(NC(=O)C(CN)c1ccccc1)C(=O)O. The second kappa shape index (κ2) is 8.60. The Labute approximate surface area is 122 Å². The zero-order chi connectivity index (χ0) is 15.0. The minimum atomic E-state index is -1.02. The number of carbonyl (C=O) groups excluding carboxylic acids is 1. The molecule has 1 aromatic rings. The Bertz CT molecular complexity index is 439. The van der Waals surface area contributed by atoms with Crippen molar-refractivity contribution in [2.24, 2.45) is 5.73 Å². The number of carbonyl (C=O) groups is 2. The van der Waals surface area contributed by atoms with Crippen LogP contribution in [0.5, 0.6) is 0 Å². The molecule has 110 valence electrons. The topological polar surface area (TPSA) is 92.4 Å². The average molecular weight is 296 g/mol. The predicted molar refractivity (Wildman–Crippen MR) is 80.8 cm³/mol. The molecule has 5 nitrogen and oxygen atoms in total. The van der Waals surface area contributed by atoms with Gasteiger partial charge in [0.05, 0.1) is 5.92 Å². The molecule has 2 unspecified atom stereocenters. The molecule has 0 spiro atoms. The van der Waals surface area contributed by atoms with Gasteiger partial charge in [-0.2, -0.15) is 11.8 Å². The first-order valence-corrected chi connectivity index (χ1v) is 7.76. The van der Waals surface area contributed by atoms with Crippen molar-refractivity contribution < 1.29 is 14.7 Å². The number of hydrogen-bond donors (Lipinski definition) is 3. The Morgan fingerprint density at radius 2 is 2.00 bits per heavy atom. The second-order valence-corrected chi connectivity index (χ2v) is 5.37. The van der Waals surface area contributed by atoms with E-state index in [0.717, 1.165) is 5.56 Å². The lowest BCUT2D eigenvalue weighted by atomic mass is 9.98. The molecule has 4 N–H and O–H groups in total.